The Morgan fingerprint density at radius 3 is 2.44 bits per heavy atom. The molecule has 0 saturated heterocycles. The van der Waals surface area contributed by atoms with Gasteiger partial charge in [-0.1, -0.05) is 13.0 Å². The number of methoxy groups -OCH3 is 2. The van der Waals surface area contributed by atoms with Crippen LogP contribution in [0.2, 0.25) is 0 Å². The highest BCUT2D eigenvalue weighted by atomic mass is 16.5. The molecule has 0 aromatic heterocycles. The second-order valence-corrected chi connectivity index (χ2v) is 4.01. The molecule has 0 aliphatic rings. The number of rotatable bonds is 5. The van der Waals surface area contributed by atoms with Crippen LogP contribution in [0.1, 0.15) is 30.4 Å². The first-order valence-corrected chi connectivity index (χ1v) is 5.57. The molecule has 1 rings (SSSR count). The summed E-state index contributed by atoms with van der Waals surface area (Å²) in [5.74, 6) is 2.14. The minimum absolute atomic E-state index is 0.342. The molecule has 0 radical (unpaired) electrons. The van der Waals surface area contributed by atoms with Gasteiger partial charge in [-0.3, -0.25) is 0 Å². The van der Waals surface area contributed by atoms with E-state index in [0.717, 1.165) is 29.0 Å². The minimum atomic E-state index is 0.342. The van der Waals surface area contributed by atoms with E-state index < -0.39 is 0 Å². The van der Waals surface area contributed by atoms with Gasteiger partial charge in [-0.2, -0.15) is 0 Å². The average molecular weight is 223 g/mol. The second-order valence-electron chi connectivity index (χ2n) is 4.01. The molecule has 1 aromatic carbocycles. The van der Waals surface area contributed by atoms with Gasteiger partial charge in [-0.15, -0.1) is 0 Å². The lowest BCUT2D eigenvalue weighted by Gasteiger charge is -2.20. The summed E-state index contributed by atoms with van der Waals surface area (Å²) < 4.78 is 10.9. The van der Waals surface area contributed by atoms with Crippen molar-refractivity contribution in [2.24, 2.45) is 5.73 Å². The van der Waals surface area contributed by atoms with Crippen LogP contribution in [0.4, 0.5) is 0 Å². The third-order valence-corrected chi connectivity index (χ3v) is 2.87. The Balaban J connectivity index is 3.24. The molecule has 0 spiro atoms. The van der Waals surface area contributed by atoms with Gasteiger partial charge < -0.3 is 15.2 Å². The van der Waals surface area contributed by atoms with E-state index in [0.29, 0.717) is 12.5 Å². The van der Waals surface area contributed by atoms with Crippen molar-refractivity contribution in [1.29, 1.82) is 0 Å². The fourth-order valence-corrected chi connectivity index (χ4v) is 2.00. The summed E-state index contributed by atoms with van der Waals surface area (Å²) in [6, 6.07) is 4.00. The van der Waals surface area contributed by atoms with Gasteiger partial charge in [0.1, 0.15) is 11.5 Å². The molecule has 1 aromatic rings. The van der Waals surface area contributed by atoms with Crippen LogP contribution in [0.5, 0.6) is 11.5 Å². The lowest BCUT2D eigenvalue weighted by molar-refractivity contribution is 0.377. The molecule has 1 unspecified atom stereocenters. The molecule has 0 heterocycles. The minimum Gasteiger partial charge on any atom is -0.496 e. The summed E-state index contributed by atoms with van der Waals surface area (Å²) >= 11 is 0. The Bertz CT molecular complexity index is 350. The van der Waals surface area contributed by atoms with E-state index in [1.165, 1.54) is 0 Å². The van der Waals surface area contributed by atoms with Crippen LogP contribution >= 0.6 is 0 Å². The highest BCUT2D eigenvalue weighted by Gasteiger charge is 2.18. The summed E-state index contributed by atoms with van der Waals surface area (Å²) in [7, 11) is 3.38. The number of hydrogen-bond acceptors (Lipinski definition) is 3. The van der Waals surface area contributed by atoms with Crippen molar-refractivity contribution in [1.82, 2.24) is 0 Å². The summed E-state index contributed by atoms with van der Waals surface area (Å²) in [6.45, 7) is 4.85. The van der Waals surface area contributed by atoms with Crippen molar-refractivity contribution in [3.63, 3.8) is 0 Å². The molecule has 90 valence electrons. The van der Waals surface area contributed by atoms with Gasteiger partial charge >= 0.3 is 0 Å². The van der Waals surface area contributed by atoms with Crippen molar-refractivity contribution in [2.75, 3.05) is 20.8 Å². The van der Waals surface area contributed by atoms with E-state index in [1.54, 1.807) is 14.2 Å². The number of ether oxygens (including phenoxy) is 2. The first-order valence-electron chi connectivity index (χ1n) is 5.57. The molecule has 3 nitrogen and oxygen atoms in total. The lowest BCUT2D eigenvalue weighted by atomic mass is 9.94. The molecular weight excluding hydrogens is 202 g/mol. The smallest absolute Gasteiger partial charge is 0.128 e. The standard InChI is InChI=1S/C13H21NO2/c1-9(7-8-14)12-11(15-3)6-5-10(2)13(12)16-4/h5-6,9H,7-8,14H2,1-4H3. The van der Waals surface area contributed by atoms with Crippen LogP contribution in [-0.4, -0.2) is 20.8 Å². The SMILES string of the molecule is COc1ccc(C)c(OC)c1C(C)CCN. The number of benzene rings is 1. The summed E-state index contributed by atoms with van der Waals surface area (Å²) in [4.78, 5) is 0. The molecule has 3 heteroatoms. The first-order chi connectivity index (χ1) is 7.65. The fourth-order valence-electron chi connectivity index (χ4n) is 2.00. The van der Waals surface area contributed by atoms with E-state index in [1.807, 2.05) is 19.1 Å². The molecular formula is C13H21NO2. The van der Waals surface area contributed by atoms with Crippen LogP contribution in [-0.2, 0) is 0 Å². The third kappa shape index (κ3) is 2.47. The predicted molar refractivity (Wildman–Crippen MR) is 66.4 cm³/mol. The quantitative estimate of drug-likeness (QED) is 0.834. The van der Waals surface area contributed by atoms with Crippen LogP contribution in [0.25, 0.3) is 0 Å². The van der Waals surface area contributed by atoms with Crippen LogP contribution in [0.15, 0.2) is 12.1 Å². The maximum atomic E-state index is 5.61. The number of nitrogens with two attached hydrogens (primary N) is 1. The van der Waals surface area contributed by atoms with Gasteiger partial charge in [0.05, 0.1) is 14.2 Å². The lowest BCUT2D eigenvalue weighted by Crippen LogP contribution is -2.08. The monoisotopic (exact) mass is 223 g/mol. The zero-order valence-corrected chi connectivity index (χ0v) is 10.5. The Morgan fingerprint density at radius 1 is 1.25 bits per heavy atom. The molecule has 0 aliphatic heterocycles. The van der Waals surface area contributed by atoms with Crippen molar-refractivity contribution >= 4 is 0 Å². The van der Waals surface area contributed by atoms with Gasteiger partial charge in [-0.05, 0) is 37.4 Å². The van der Waals surface area contributed by atoms with E-state index in [9.17, 15) is 0 Å². The zero-order chi connectivity index (χ0) is 12.1. The molecule has 0 bridgehead atoms. The molecule has 0 fully saturated rings. The van der Waals surface area contributed by atoms with E-state index in [2.05, 4.69) is 6.92 Å². The predicted octanol–water partition coefficient (Wildman–Crippen LogP) is 2.46. The molecule has 0 aliphatic carbocycles. The van der Waals surface area contributed by atoms with Crippen molar-refractivity contribution in [3.8, 4) is 11.5 Å². The van der Waals surface area contributed by atoms with Gasteiger partial charge in [0.2, 0.25) is 0 Å². The van der Waals surface area contributed by atoms with Crippen LogP contribution in [0.3, 0.4) is 0 Å². The van der Waals surface area contributed by atoms with E-state index in [4.69, 9.17) is 15.2 Å². The topological polar surface area (TPSA) is 44.5 Å². The van der Waals surface area contributed by atoms with Gasteiger partial charge in [-0.25, -0.2) is 0 Å². The Hall–Kier alpha value is -1.22. The van der Waals surface area contributed by atoms with Gasteiger partial charge in [0.25, 0.3) is 0 Å². The van der Waals surface area contributed by atoms with Crippen LogP contribution < -0.4 is 15.2 Å². The second kappa shape index (κ2) is 5.75. The average Bonchev–Trinajstić information content (AvgIpc) is 2.28. The summed E-state index contributed by atoms with van der Waals surface area (Å²) in [5, 5.41) is 0. The van der Waals surface area contributed by atoms with E-state index in [-0.39, 0.29) is 0 Å². The maximum absolute atomic E-state index is 5.61. The van der Waals surface area contributed by atoms with E-state index >= 15 is 0 Å². The molecule has 1 atom stereocenters. The van der Waals surface area contributed by atoms with Gasteiger partial charge in [0, 0.05) is 5.56 Å². The highest BCUT2D eigenvalue weighted by molar-refractivity contribution is 5.51. The largest absolute Gasteiger partial charge is 0.496 e. The summed E-state index contributed by atoms with van der Waals surface area (Å²) in [5.41, 5.74) is 7.85. The third-order valence-electron chi connectivity index (χ3n) is 2.87. The van der Waals surface area contributed by atoms with Crippen molar-refractivity contribution < 1.29 is 9.47 Å². The number of aryl methyl sites for hydroxylation is 1. The Morgan fingerprint density at radius 2 is 1.94 bits per heavy atom. The maximum Gasteiger partial charge on any atom is 0.128 e. The molecule has 16 heavy (non-hydrogen) atoms. The van der Waals surface area contributed by atoms with Gasteiger partial charge in [0.15, 0.2) is 0 Å². The van der Waals surface area contributed by atoms with Crippen molar-refractivity contribution in [3.05, 3.63) is 23.3 Å². The first kappa shape index (κ1) is 12.8. The summed E-state index contributed by atoms with van der Waals surface area (Å²) in [6.07, 6.45) is 0.927. The van der Waals surface area contributed by atoms with Crippen LogP contribution in [0, 0.1) is 6.92 Å². The highest BCUT2D eigenvalue weighted by Crippen LogP contribution is 2.38. The normalized spacial score (nSPS) is 12.3. The Labute approximate surface area is 97.6 Å². The fraction of sp³-hybridized carbons (Fsp3) is 0.538. The zero-order valence-electron chi connectivity index (χ0n) is 10.5. The molecule has 2 N–H and O–H groups in total. The molecule has 0 amide bonds. The Kier molecular flexibility index (Phi) is 4.62. The molecule has 0 saturated carbocycles. The van der Waals surface area contributed by atoms with Crippen molar-refractivity contribution in [2.45, 2.75) is 26.2 Å². The number of hydrogen-bond donors (Lipinski definition) is 1.